The van der Waals surface area contributed by atoms with Crippen molar-refractivity contribution in [3.63, 3.8) is 0 Å². The van der Waals surface area contributed by atoms with E-state index in [1.165, 1.54) is 24.3 Å². The molecule has 1 N–H and O–H groups in total. The van der Waals surface area contributed by atoms with Gasteiger partial charge in [0.1, 0.15) is 23.4 Å². The van der Waals surface area contributed by atoms with Crippen LogP contribution < -0.4 is 10.2 Å². The highest BCUT2D eigenvalue weighted by molar-refractivity contribution is 6.09. The van der Waals surface area contributed by atoms with E-state index in [2.05, 4.69) is 11.4 Å². The summed E-state index contributed by atoms with van der Waals surface area (Å²) < 4.78 is 19.2. The Bertz CT molecular complexity index is 1170. The van der Waals surface area contributed by atoms with Gasteiger partial charge in [0, 0.05) is 17.7 Å². The lowest BCUT2D eigenvalue weighted by Crippen LogP contribution is -2.42. The van der Waals surface area contributed by atoms with Gasteiger partial charge in [-0.25, -0.2) is 4.39 Å². The number of benzene rings is 2. The van der Waals surface area contributed by atoms with Gasteiger partial charge in [-0.05, 0) is 54.4 Å². The van der Waals surface area contributed by atoms with Crippen molar-refractivity contribution < 1.29 is 18.4 Å². The van der Waals surface area contributed by atoms with E-state index in [1.807, 2.05) is 31.2 Å². The molecule has 0 radical (unpaired) electrons. The Kier molecular flexibility index (Phi) is 4.70. The number of amides is 1. The summed E-state index contributed by atoms with van der Waals surface area (Å²) in [6.45, 7) is 2.00. The van der Waals surface area contributed by atoms with Gasteiger partial charge in [0.25, 0.3) is 5.91 Å². The molecule has 5 nitrogen and oxygen atoms in total. The number of Topliss-reactive ketones (excluding diaryl/α,β-unsaturated/α-hetero) is 1. The second-order valence-corrected chi connectivity index (χ2v) is 8.03. The maximum absolute atomic E-state index is 13.8. The quantitative estimate of drug-likeness (QED) is 0.612. The largest absolute Gasteiger partial charge is 0.467 e. The molecule has 0 bridgehead atoms. The van der Waals surface area contributed by atoms with E-state index >= 15 is 0 Å². The van der Waals surface area contributed by atoms with Crippen molar-refractivity contribution in [3.8, 4) is 0 Å². The third kappa shape index (κ3) is 3.34. The molecular formula is C25H21FN2O3. The number of halogens is 1. The van der Waals surface area contributed by atoms with Crippen molar-refractivity contribution in [2.75, 3.05) is 10.2 Å². The molecular weight excluding hydrogens is 395 g/mol. The van der Waals surface area contributed by atoms with Crippen LogP contribution in [-0.4, -0.2) is 11.7 Å². The minimum absolute atomic E-state index is 0.0450. The van der Waals surface area contributed by atoms with Gasteiger partial charge in [0.05, 0.1) is 23.6 Å². The molecule has 6 heteroatoms. The topological polar surface area (TPSA) is 62.6 Å². The zero-order valence-electron chi connectivity index (χ0n) is 16.9. The number of hydrogen-bond acceptors (Lipinski definition) is 4. The van der Waals surface area contributed by atoms with E-state index in [9.17, 15) is 14.0 Å². The van der Waals surface area contributed by atoms with Crippen LogP contribution in [0.15, 0.2) is 83.1 Å². The monoisotopic (exact) mass is 416 g/mol. The zero-order chi connectivity index (χ0) is 21.5. The van der Waals surface area contributed by atoms with Crippen molar-refractivity contribution in [3.05, 3.63) is 95.8 Å². The standard InChI is InChI=1S/C25H21FN2O3/c1-15-13-19-23(21(29)14-15)24(22-7-4-12-31-22)28(20-6-3-2-5-18(20)27-19)25(30)16-8-10-17(26)11-9-16/h2-13,15,23-24,27H,14H2,1H3/t15-,23-,24-/m1/s1. The Balaban J connectivity index is 1.74. The zero-order valence-corrected chi connectivity index (χ0v) is 16.9. The number of para-hydroxylation sites is 2. The van der Waals surface area contributed by atoms with E-state index in [0.717, 1.165) is 11.4 Å². The summed E-state index contributed by atoms with van der Waals surface area (Å²) >= 11 is 0. The second kappa shape index (κ2) is 7.54. The number of fused-ring (bicyclic) bond motifs is 2. The van der Waals surface area contributed by atoms with Crippen LogP contribution in [0.25, 0.3) is 0 Å². The van der Waals surface area contributed by atoms with Crippen molar-refractivity contribution in [1.82, 2.24) is 0 Å². The molecule has 1 aliphatic heterocycles. The number of carbonyl (C=O) groups is 2. The SMILES string of the molecule is C[C@@H]1C=C2Nc3ccccc3N(C(=O)c3ccc(F)cc3)[C@H](c3ccco3)[C@H]2C(=O)C1. The van der Waals surface area contributed by atoms with Gasteiger partial charge in [-0.2, -0.15) is 0 Å². The van der Waals surface area contributed by atoms with Gasteiger partial charge in [0.15, 0.2) is 0 Å². The summed E-state index contributed by atoms with van der Waals surface area (Å²) in [6.07, 6.45) is 3.99. The fourth-order valence-electron chi connectivity index (χ4n) is 4.51. The number of carbonyl (C=O) groups excluding carboxylic acids is 2. The number of nitrogens with one attached hydrogen (secondary N) is 1. The fraction of sp³-hybridized carbons (Fsp3) is 0.200. The highest BCUT2D eigenvalue weighted by Crippen LogP contribution is 2.47. The van der Waals surface area contributed by atoms with Crippen LogP contribution in [-0.2, 0) is 4.79 Å². The van der Waals surface area contributed by atoms with Gasteiger partial charge in [0.2, 0.25) is 0 Å². The highest BCUT2D eigenvalue weighted by atomic mass is 19.1. The van der Waals surface area contributed by atoms with Gasteiger partial charge in [-0.3, -0.25) is 14.5 Å². The van der Waals surface area contributed by atoms with Crippen LogP contribution in [0, 0.1) is 17.7 Å². The summed E-state index contributed by atoms with van der Waals surface area (Å²) in [5.41, 5.74) is 2.46. The molecule has 3 aromatic rings. The maximum atomic E-state index is 13.8. The summed E-state index contributed by atoms with van der Waals surface area (Å²) in [7, 11) is 0. The van der Waals surface area contributed by atoms with Crippen molar-refractivity contribution in [1.29, 1.82) is 0 Å². The smallest absolute Gasteiger partial charge is 0.259 e. The third-order valence-electron chi connectivity index (χ3n) is 5.85. The Hall–Kier alpha value is -3.67. The molecule has 2 heterocycles. The number of rotatable bonds is 2. The molecule has 0 saturated heterocycles. The molecule has 1 aromatic heterocycles. The Morgan fingerprint density at radius 2 is 1.87 bits per heavy atom. The van der Waals surface area contributed by atoms with Crippen LogP contribution in [0.2, 0.25) is 0 Å². The van der Waals surface area contributed by atoms with Crippen molar-refractivity contribution in [2.45, 2.75) is 19.4 Å². The molecule has 0 unspecified atom stereocenters. The molecule has 2 aromatic carbocycles. The van der Waals surface area contributed by atoms with E-state index in [1.54, 1.807) is 23.3 Å². The predicted molar refractivity (Wildman–Crippen MR) is 115 cm³/mol. The normalized spacial score (nSPS) is 22.6. The van der Waals surface area contributed by atoms with Crippen LogP contribution in [0.1, 0.15) is 35.5 Å². The minimum Gasteiger partial charge on any atom is -0.467 e. The number of anilines is 2. The Labute approximate surface area is 179 Å². The first-order valence-electron chi connectivity index (χ1n) is 10.3. The third-order valence-corrected chi connectivity index (χ3v) is 5.85. The van der Waals surface area contributed by atoms with Gasteiger partial charge in [-0.15, -0.1) is 0 Å². The van der Waals surface area contributed by atoms with Gasteiger partial charge < -0.3 is 9.73 Å². The van der Waals surface area contributed by atoms with Crippen LogP contribution in [0.3, 0.4) is 0 Å². The number of furan rings is 1. The number of allylic oxidation sites excluding steroid dienone is 1. The highest BCUT2D eigenvalue weighted by Gasteiger charge is 2.45. The molecule has 31 heavy (non-hydrogen) atoms. The van der Waals surface area contributed by atoms with Gasteiger partial charge >= 0.3 is 0 Å². The molecule has 0 saturated carbocycles. The molecule has 156 valence electrons. The van der Waals surface area contributed by atoms with Crippen molar-refractivity contribution in [2.24, 2.45) is 11.8 Å². The van der Waals surface area contributed by atoms with E-state index in [4.69, 9.17) is 4.42 Å². The van der Waals surface area contributed by atoms with E-state index < -0.39 is 17.8 Å². The molecule has 0 fully saturated rings. The lowest BCUT2D eigenvalue weighted by atomic mass is 9.79. The number of hydrogen-bond donors (Lipinski definition) is 1. The van der Waals surface area contributed by atoms with E-state index in [0.29, 0.717) is 23.4 Å². The predicted octanol–water partition coefficient (Wildman–Crippen LogP) is 5.34. The van der Waals surface area contributed by atoms with Crippen LogP contribution >= 0.6 is 0 Å². The molecule has 3 atom stereocenters. The Morgan fingerprint density at radius 1 is 1.10 bits per heavy atom. The molecule has 2 aliphatic rings. The van der Waals surface area contributed by atoms with Gasteiger partial charge in [-0.1, -0.05) is 25.1 Å². The summed E-state index contributed by atoms with van der Waals surface area (Å²) in [6, 6.07) is 15.7. The molecule has 1 aliphatic carbocycles. The minimum atomic E-state index is -0.671. The fourth-order valence-corrected chi connectivity index (χ4v) is 4.51. The van der Waals surface area contributed by atoms with Crippen LogP contribution in [0.5, 0.6) is 0 Å². The lowest BCUT2D eigenvalue weighted by molar-refractivity contribution is -0.123. The Morgan fingerprint density at radius 3 is 2.61 bits per heavy atom. The number of nitrogens with zero attached hydrogens (tertiary/aromatic N) is 1. The first kappa shape index (κ1) is 19.3. The van der Waals surface area contributed by atoms with Crippen LogP contribution in [0.4, 0.5) is 15.8 Å². The lowest BCUT2D eigenvalue weighted by Gasteiger charge is -2.35. The summed E-state index contributed by atoms with van der Waals surface area (Å²) in [5, 5.41) is 3.40. The second-order valence-electron chi connectivity index (χ2n) is 8.03. The summed E-state index contributed by atoms with van der Waals surface area (Å²) in [5.74, 6) is -0.687. The molecule has 1 amide bonds. The first-order valence-corrected chi connectivity index (χ1v) is 10.3. The average molecular weight is 416 g/mol. The summed E-state index contributed by atoms with van der Waals surface area (Å²) in [4.78, 5) is 28.7. The van der Waals surface area contributed by atoms with Crippen molar-refractivity contribution >= 4 is 23.1 Å². The maximum Gasteiger partial charge on any atom is 0.259 e. The number of ketones is 1. The molecule has 5 rings (SSSR count). The average Bonchev–Trinajstić information content (AvgIpc) is 3.23. The molecule has 0 spiro atoms. The first-order chi connectivity index (χ1) is 15.0. The van der Waals surface area contributed by atoms with E-state index in [-0.39, 0.29) is 17.6 Å².